The molecule has 5 heteroatoms. The highest BCUT2D eigenvalue weighted by molar-refractivity contribution is 7.17. The molecule has 2 aromatic heterocycles. The second kappa shape index (κ2) is 7.56. The Bertz CT molecular complexity index is 1630. The number of hydrogen-bond acceptors (Lipinski definition) is 3. The van der Waals surface area contributed by atoms with Crippen molar-refractivity contribution in [3.05, 3.63) is 99.9 Å². The number of hydrogen-bond donors (Lipinski definition) is 0. The molecule has 0 unspecified atom stereocenters. The predicted molar refractivity (Wildman–Crippen MR) is 139 cm³/mol. The molecule has 0 radical (unpaired) electrons. The summed E-state index contributed by atoms with van der Waals surface area (Å²) in [6.07, 6.45) is 0. The summed E-state index contributed by atoms with van der Waals surface area (Å²) < 4.78 is 7.59. The van der Waals surface area contributed by atoms with Crippen molar-refractivity contribution in [2.45, 2.75) is 6.92 Å². The predicted octanol–water partition coefficient (Wildman–Crippen LogP) is 9.89. The Kier molecular flexibility index (Phi) is 4.65. The van der Waals surface area contributed by atoms with Crippen molar-refractivity contribution in [3.63, 3.8) is 0 Å². The molecule has 156 valence electrons. The van der Waals surface area contributed by atoms with Crippen LogP contribution in [0.1, 0.15) is 5.56 Å². The van der Waals surface area contributed by atoms with Crippen LogP contribution in [0.15, 0.2) is 88.7 Å². The van der Waals surface area contributed by atoms with Gasteiger partial charge in [-0.2, -0.15) is 0 Å². The molecule has 0 fully saturated rings. The lowest BCUT2D eigenvalue weighted by atomic mass is 10.1. The minimum absolute atomic E-state index is 0.515. The fraction of sp³-hybridized carbons (Fsp3) is 0.0370. The van der Waals surface area contributed by atoms with Gasteiger partial charge in [0.2, 0.25) is 0 Å². The van der Waals surface area contributed by atoms with Crippen LogP contribution in [-0.4, -0.2) is 0 Å². The van der Waals surface area contributed by atoms with Crippen molar-refractivity contribution in [2.24, 2.45) is 0 Å². The first kappa shape index (κ1) is 19.7. The number of aryl methyl sites for hydroxylation is 1. The van der Waals surface area contributed by atoms with Gasteiger partial charge in [0.25, 0.3) is 0 Å². The molecule has 6 rings (SSSR count). The van der Waals surface area contributed by atoms with Crippen LogP contribution in [0, 0.1) is 6.92 Å². The molecule has 0 bridgehead atoms. The van der Waals surface area contributed by atoms with Crippen molar-refractivity contribution in [1.29, 1.82) is 0 Å². The van der Waals surface area contributed by atoms with Crippen molar-refractivity contribution < 1.29 is 4.42 Å². The van der Waals surface area contributed by atoms with Crippen LogP contribution in [-0.2, 0) is 0 Å². The third-order valence-electron chi connectivity index (χ3n) is 5.72. The molecule has 2 heterocycles. The van der Waals surface area contributed by atoms with Gasteiger partial charge < -0.3 is 9.32 Å². The van der Waals surface area contributed by atoms with Gasteiger partial charge in [0.05, 0.1) is 27.1 Å². The van der Waals surface area contributed by atoms with Crippen LogP contribution in [0.25, 0.3) is 32.0 Å². The van der Waals surface area contributed by atoms with Gasteiger partial charge in [0, 0.05) is 26.2 Å². The standard InChI is InChI=1S/C27H17Cl2NOS/c1-16-13-20(28)26(29)22(14-16)30(23-15-32-25-12-5-3-8-19(23)25)21-10-6-9-18-17-7-2-4-11-24(17)31-27(18)21/h2-15H,1H3. The Labute approximate surface area is 199 Å². The average molecular weight is 474 g/mol. The summed E-state index contributed by atoms with van der Waals surface area (Å²) in [5.74, 6) is 0. The molecule has 0 saturated heterocycles. The van der Waals surface area contributed by atoms with Gasteiger partial charge in [-0.05, 0) is 42.8 Å². The second-order valence-corrected chi connectivity index (χ2v) is 9.48. The molecule has 0 spiro atoms. The Morgan fingerprint density at radius 3 is 2.38 bits per heavy atom. The summed E-state index contributed by atoms with van der Waals surface area (Å²) >= 11 is 15.0. The zero-order valence-electron chi connectivity index (χ0n) is 17.1. The summed E-state index contributed by atoms with van der Waals surface area (Å²) in [5.41, 5.74) is 5.51. The van der Waals surface area contributed by atoms with Gasteiger partial charge in [-0.15, -0.1) is 11.3 Å². The molecule has 0 aliphatic heterocycles. The van der Waals surface area contributed by atoms with E-state index in [-0.39, 0.29) is 0 Å². The van der Waals surface area contributed by atoms with Crippen molar-refractivity contribution in [3.8, 4) is 0 Å². The van der Waals surface area contributed by atoms with Gasteiger partial charge in [-0.1, -0.05) is 71.7 Å². The largest absolute Gasteiger partial charge is 0.454 e. The van der Waals surface area contributed by atoms with Crippen molar-refractivity contribution in [1.82, 2.24) is 0 Å². The van der Waals surface area contributed by atoms with E-state index in [1.165, 1.54) is 4.70 Å². The zero-order valence-corrected chi connectivity index (χ0v) is 19.4. The summed E-state index contributed by atoms with van der Waals surface area (Å²) in [4.78, 5) is 2.17. The molecule has 0 aliphatic carbocycles. The van der Waals surface area contributed by atoms with E-state index < -0.39 is 0 Å². The Hall–Kier alpha value is -2.98. The maximum Gasteiger partial charge on any atom is 0.159 e. The molecule has 32 heavy (non-hydrogen) atoms. The molecule has 0 aliphatic rings. The van der Waals surface area contributed by atoms with E-state index in [2.05, 4.69) is 64.9 Å². The number of rotatable bonds is 3. The Morgan fingerprint density at radius 1 is 0.750 bits per heavy atom. The number of benzene rings is 4. The molecule has 0 amide bonds. The van der Waals surface area contributed by atoms with Crippen LogP contribution in [0.2, 0.25) is 10.0 Å². The summed E-state index contributed by atoms with van der Waals surface area (Å²) in [7, 11) is 0. The first-order valence-corrected chi connectivity index (χ1v) is 11.9. The number of halogens is 2. The van der Waals surface area contributed by atoms with Gasteiger partial charge in [0.15, 0.2) is 5.58 Å². The Morgan fingerprint density at radius 2 is 1.50 bits per heavy atom. The fourth-order valence-corrected chi connectivity index (χ4v) is 5.69. The molecule has 6 aromatic rings. The topological polar surface area (TPSA) is 16.4 Å². The van der Waals surface area contributed by atoms with E-state index in [1.54, 1.807) is 11.3 Å². The first-order valence-electron chi connectivity index (χ1n) is 10.2. The lowest BCUT2D eigenvalue weighted by molar-refractivity contribution is 0.669. The highest BCUT2D eigenvalue weighted by atomic mass is 35.5. The normalized spacial score (nSPS) is 11.6. The van der Waals surface area contributed by atoms with E-state index in [4.69, 9.17) is 27.6 Å². The highest BCUT2D eigenvalue weighted by Gasteiger charge is 2.24. The van der Waals surface area contributed by atoms with Gasteiger partial charge in [-0.3, -0.25) is 0 Å². The van der Waals surface area contributed by atoms with E-state index in [0.29, 0.717) is 10.0 Å². The highest BCUT2D eigenvalue weighted by Crippen LogP contribution is 2.48. The summed E-state index contributed by atoms with van der Waals surface area (Å²) in [6, 6.07) is 26.7. The average Bonchev–Trinajstić information content (AvgIpc) is 3.39. The quantitative estimate of drug-likeness (QED) is 0.254. The second-order valence-electron chi connectivity index (χ2n) is 7.78. The van der Waals surface area contributed by atoms with Crippen LogP contribution >= 0.6 is 34.5 Å². The molecule has 0 atom stereocenters. The molecule has 0 saturated carbocycles. The van der Waals surface area contributed by atoms with Crippen molar-refractivity contribution >= 4 is 83.6 Å². The fourth-order valence-electron chi connectivity index (χ4n) is 4.30. The van der Waals surface area contributed by atoms with E-state index in [0.717, 1.165) is 50.0 Å². The SMILES string of the molecule is Cc1cc(Cl)c(Cl)c(N(c2csc3ccccc23)c2cccc3c2oc2ccccc23)c1. The third kappa shape index (κ3) is 3.01. The van der Waals surface area contributed by atoms with E-state index in [9.17, 15) is 0 Å². The molecular formula is C27H17Cl2NOS. The monoisotopic (exact) mass is 473 g/mol. The Balaban J connectivity index is 1.73. The summed E-state index contributed by atoms with van der Waals surface area (Å²) in [6.45, 7) is 2.03. The van der Waals surface area contributed by atoms with Crippen LogP contribution in [0.3, 0.4) is 0 Å². The third-order valence-corrected chi connectivity index (χ3v) is 7.46. The number of nitrogens with zero attached hydrogens (tertiary/aromatic N) is 1. The number of furan rings is 1. The maximum absolute atomic E-state index is 6.81. The van der Waals surface area contributed by atoms with Crippen LogP contribution in [0.4, 0.5) is 17.1 Å². The van der Waals surface area contributed by atoms with Crippen LogP contribution < -0.4 is 4.90 Å². The minimum Gasteiger partial charge on any atom is -0.454 e. The summed E-state index contributed by atoms with van der Waals surface area (Å²) in [5, 5.41) is 6.52. The zero-order chi connectivity index (χ0) is 21.8. The van der Waals surface area contributed by atoms with Crippen molar-refractivity contribution in [2.75, 3.05) is 4.90 Å². The first-order chi connectivity index (χ1) is 15.6. The maximum atomic E-state index is 6.81. The molecule has 4 aromatic carbocycles. The van der Waals surface area contributed by atoms with E-state index in [1.807, 2.05) is 31.2 Å². The molecular weight excluding hydrogens is 457 g/mol. The van der Waals surface area contributed by atoms with E-state index >= 15 is 0 Å². The van der Waals surface area contributed by atoms with Gasteiger partial charge in [-0.25, -0.2) is 0 Å². The lowest BCUT2D eigenvalue weighted by Gasteiger charge is -2.26. The number of fused-ring (bicyclic) bond motifs is 4. The van der Waals surface area contributed by atoms with Gasteiger partial charge in [0.1, 0.15) is 5.58 Å². The number of thiophene rings is 1. The number of anilines is 3. The molecule has 2 nitrogen and oxygen atoms in total. The molecule has 0 N–H and O–H groups in total. The lowest BCUT2D eigenvalue weighted by Crippen LogP contribution is -2.11. The minimum atomic E-state index is 0.515. The number of para-hydroxylation sites is 2. The van der Waals surface area contributed by atoms with Crippen LogP contribution in [0.5, 0.6) is 0 Å². The van der Waals surface area contributed by atoms with Gasteiger partial charge >= 0.3 is 0 Å². The smallest absolute Gasteiger partial charge is 0.159 e.